The van der Waals surface area contributed by atoms with Gasteiger partial charge in [-0.1, -0.05) is 17.8 Å². The van der Waals surface area contributed by atoms with Crippen molar-refractivity contribution in [2.24, 2.45) is 0 Å². The van der Waals surface area contributed by atoms with E-state index in [9.17, 15) is 21.6 Å². The van der Waals surface area contributed by atoms with Crippen LogP contribution in [0.4, 0.5) is 5.69 Å². The molecule has 3 aromatic rings. The number of sulfonamides is 1. The molecule has 172 valence electrons. The van der Waals surface area contributed by atoms with Crippen LogP contribution in [-0.4, -0.2) is 46.5 Å². The first-order chi connectivity index (χ1) is 14.9. The van der Waals surface area contributed by atoms with E-state index in [1.165, 1.54) is 17.8 Å². The van der Waals surface area contributed by atoms with Crippen molar-refractivity contribution in [1.82, 2.24) is 4.57 Å². The van der Waals surface area contributed by atoms with Gasteiger partial charge in [0.2, 0.25) is 10.0 Å². The summed E-state index contributed by atoms with van der Waals surface area (Å²) in [6.45, 7) is 3.85. The number of rotatable bonds is 8. The molecule has 0 unspecified atom stereocenters. The maximum Gasteiger partial charge on any atom is 0.325 e. The van der Waals surface area contributed by atoms with Gasteiger partial charge in [0, 0.05) is 32.8 Å². The first kappa shape index (κ1) is 24.1. The van der Waals surface area contributed by atoms with E-state index < -0.39 is 19.9 Å². The number of nitrogens with zero attached hydrogens (tertiary/aromatic N) is 1. The average Bonchev–Trinajstić information content (AvgIpc) is 2.92. The molecule has 2 aromatic carbocycles. The Labute approximate surface area is 191 Å². The fourth-order valence-electron chi connectivity index (χ4n) is 3.28. The van der Waals surface area contributed by atoms with E-state index >= 15 is 0 Å². The Kier molecular flexibility index (Phi) is 6.91. The summed E-state index contributed by atoms with van der Waals surface area (Å²) in [6.07, 6.45) is 2.22. The molecule has 0 amide bonds. The summed E-state index contributed by atoms with van der Waals surface area (Å²) in [5.41, 5.74) is 1.90. The third kappa shape index (κ3) is 5.64. The van der Waals surface area contributed by atoms with Crippen molar-refractivity contribution < 1.29 is 26.4 Å². The highest BCUT2D eigenvalue weighted by molar-refractivity contribution is 7.99. The molecular weight excluding hydrogens is 472 g/mol. The second-order valence-corrected chi connectivity index (χ2v) is 12.1. The van der Waals surface area contributed by atoms with Crippen LogP contribution >= 0.6 is 11.8 Å². The number of aromatic nitrogens is 1. The molecule has 0 saturated carbocycles. The van der Waals surface area contributed by atoms with Gasteiger partial charge >= 0.3 is 5.97 Å². The van der Waals surface area contributed by atoms with Crippen LogP contribution in [0.3, 0.4) is 0 Å². The third-order valence-corrected chi connectivity index (χ3v) is 7.54. The van der Waals surface area contributed by atoms with E-state index in [1.54, 1.807) is 47.9 Å². The first-order valence-electron chi connectivity index (χ1n) is 9.63. The van der Waals surface area contributed by atoms with Gasteiger partial charge in [0.05, 0.1) is 23.3 Å². The molecule has 0 spiro atoms. The molecule has 0 fully saturated rings. The van der Waals surface area contributed by atoms with Crippen LogP contribution in [0, 0.1) is 6.92 Å². The zero-order valence-corrected chi connectivity index (χ0v) is 20.5. The lowest BCUT2D eigenvalue weighted by atomic mass is 10.2. The van der Waals surface area contributed by atoms with Crippen molar-refractivity contribution in [2.45, 2.75) is 35.1 Å². The summed E-state index contributed by atoms with van der Waals surface area (Å²) in [4.78, 5) is 13.9. The van der Waals surface area contributed by atoms with Gasteiger partial charge in [-0.25, -0.2) is 16.8 Å². The van der Waals surface area contributed by atoms with Gasteiger partial charge in [-0.15, -0.1) is 0 Å². The quantitative estimate of drug-likeness (QED) is 0.476. The number of hydrogen-bond acceptors (Lipinski definition) is 7. The molecule has 32 heavy (non-hydrogen) atoms. The molecule has 1 N–H and O–H groups in total. The molecule has 0 radical (unpaired) electrons. The molecule has 0 aliphatic rings. The van der Waals surface area contributed by atoms with E-state index in [0.29, 0.717) is 10.6 Å². The summed E-state index contributed by atoms with van der Waals surface area (Å²) in [7, 11) is -6.84. The molecule has 0 bridgehead atoms. The van der Waals surface area contributed by atoms with Gasteiger partial charge in [-0.2, -0.15) is 0 Å². The standard InChI is InChI=1S/C21H24N2O6S3/c1-5-29-20(24)13-23-14(2)21(30-16-7-6-8-17(12-16)31(3,25)26)18-11-15(9-10-19(18)23)22-32(4,27)28/h6-12,22H,5,13H2,1-4H3. The van der Waals surface area contributed by atoms with Gasteiger partial charge in [0.1, 0.15) is 6.54 Å². The number of benzene rings is 2. The van der Waals surface area contributed by atoms with Crippen LogP contribution in [0.25, 0.3) is 10.9 Å². The summed E-state index contributed by atoms with van der Waals surface area (Å²) < 4.78 is 56.7. The van der Waals surface area contributed by atoms with Gasteiger partial charge in [-0.3, -0.25) is 9.52 Å². The zero-order chi connectivity index (χ0) is 23.7. The Morgan fingerprint density at radius 2 is 1.81 bits per heavy atom. The van der Waals surface area contributed by atoms with Gasteiger partial charge in [0.25, 0.3) is 0 Å². The maximum atomic E-state index is 12.2. The molecule has 1 aromatic heterocycles. The number of sulfone groups is 1. The van der Waals surface area contributed by atoms with E-state index in [2.05, 4.69) is 4.72 Å². The van der Waals surface area contributed by atoms with Gasteiger partial charge in [0.15, 0.2) is 9.84 Å². The summed E-state index contributed by atoms with van der Waals surface area (Å²) in [5.74, 6) is -0.388. The van der Waals surface area contributed by atoms with Crippen LogP contribution in [-0.2, 0) is 35.9 Å². The number of esters is 1. The fourth-order valence-corrected chi connectivity index (χ4v) is 5.68. The molecule has 1 heterocycles. The maximum absolute atomic E-state index is 12.2. The third-order valence-electron chi connectivity index (χ3n) is 4.61. The van der Waals surface area contributed by atoms with E-state index in [-0.39, 0.29) is 24.0 Å². The predicted molar refractivity (Wildman–Crippen MR) is 125 cm³/mol. The van der Waals surface area contributed by atoms with E-state index in [1.807, 2.05) is 6.92 Å². The van der Waals surface area contributed by atoms with Crippen LogP contribution in [0.1, 0.15) is 12.6 Å². The number of fused-ring (bicyclic) bond motifs is 1. The minimum atomic E-state index is -3.47. The molecule has 3 rings (SSSR count). The molecular formula is C21H24N2O6S3. The van der Waals surface area contributed by atoms with E-state index in [0.717, 1.165) is 34.0 Å². The lowest BCUT2D eigenvalue weighted by molar-refractivity contribution is -0.143. The first-order valence-corrected chi connectivity index (χ1v) is 14.2. The van der Waals surface area contributed by atoms with Gasteiger partial charge in [-0.05, 0) is 50.2 Å². The summed E-state index contributed by atoms with van der Waals surface area (Å²) in [6, 6.07) is 11.7. The van der Waals surface area contributed by atoms with Crippen molar-refractivity contribution >= 4 is 54.2 Å². The highest BCUT2D eigenvalue weighted by atomic mass is 32.2. The number of carbonyl (C=O) groups excluding carboxylic acids is 1. The van der Waals surface area contributed by atoms with Crippen LogP contribution < -0.4 is 4.72 Å². The average molecular weight is 497 g/mol. The lowest BCUT2D eigenvalue weighted by Crippen LogP contribution is -2.14. The van der Waals surface area contributed by atoms with Crippen molar-refractivity contribution in [1.29, 1.82) is 0 Å². The summed E-state index contributed by atoms with van der Waals surface area (Å²) >= 11 is 1.35. The van der Waals surface area contributed by atoms with Crippen LogP contribution in [0.15, 0.2) is 57.2 Å². The highest BCUT2D eigenvalue weighted by Crippen LogP contribution is 2.40. The Balaban J connectivity index is 2.15. The topological polar surface area (TPSA) is 112 Å². The minimum Gasteiger partial charge on any atom is -0.465 e. The zero-order valence-electron chi connectivity index (χ0n) is 18.1. The van der Waals surface area contributed by atoms with Crippen LogP contribution in [0.2, 0.25) is 0 Å². The molecule has 0 atom stereocenters. The Morgan fingerprint density at radius 3 is 2.44 bits per heavy atom. The van der Waals surface area contributed by atoms with Crippen molar-refractivity contribution in [3.63, 3.8) is 0 Å². The number of anilines is 1. The second-order valence-electron chi connectivity index (χ2n) is 7.26. The molecule has 11 heteroatoms. The predicted octanol–water partition coefficient (Wildman–Crippen LogP) is 3.44. The minimum absolute atomic E-state index is 0.00103. The van der Waals surface area contributed by atoms with Crippen molar-refractivity contribution in [2.75, 3.05) is 23.8 Å². The molecule has 0 aliphatic carbocycles. The number of ether oxygens (including phenoxy) is 1. The second kappa shape index (κ2) is 9.16. The molecule has 0 saturated heterocycles. The van der Waals surface area contributed by atoms with Crippen LogP contribution in [0.5, 0.6) is 0 Å². The SMILES string of the molecule is CCOC(=O)Cn1c(C)c(Sc2cccc(S(C)(=O)=O)c2)c2cc(NS(C)(=O)=O)ccc21. The number of hydrogen-bond donors (Lipinski definition) is 1. The Hall–Kier alpha value is -2.50. The lowest BCUT2D eigenvalue weighted by Gasteiger charge is -2.08. The number of nitrogens with one attached hydrogen (secondary N) is 1. The Bertz CT molecular complexity index is 1390. The monoisotopic (exact) mass is 496 g/mol. The Morgan fingerprint density at radius 1 is 1.09 bits per heavy atom. The largest absolute Gasteiger partial charge is 0.465 e. The van der Waals surface area contributed by atoms with Gasteiger partial charge < -0.3 is 9.30 Å². The highest BCUT2D eigenvalue weighted by Gasteiger charge is 2.19. The fraction of sp³-hybridized carbons (Fsp3) is 0.286. The van der Waals surface area contributed by atoms with Crippen molar-refractivity contribution in [3.8, 4) is 0 Å². The van der Waals surface area contributed by atoms with E-state index in [4.69, 9.17) is 4.74 Å². The number of carbonyl (C=O) groups is 1. The normalized spacial score (nSPS) is 12.1. The smallest absolute Gasteiger partial charge is 0.325 e. The summed E-state index contributed by atoms with van der Waals surface area (Å²) in [5, 5.41) is 0.732. The molecule has 8 nitrogen and oxygen atoms in total. The molecule has 0 aliphatic heterocycles. The van der Waals surface area contributed by atoms with Crippen molar-refractivity contribution in [3.05, 3.63) is 48.2 Å².